The molecule has 4 rings (SSSR count). The molecule has 0 atom stereocenters. The molecule has 0 spiro atoms. The van der Waals surface area contributed by atoms with Gasteiger partial charge in [0.05, 0.1) is 12.8 Å². The molecule has 1 aromatic heterocycles. The smallest absolute Gasteiger partial charge is 0.339 e. The van der Waals surface area contributed by atoms with Crippen LogP contribution in [0.5, 0.6) is 5.75 Å². The van der Waals surface area contributed by atoms with E-state index in [1.807, 2.05) is 6.07 Å². The molecule has 0 bridgehead atoms. The van der Waals surface area contributed by atoms with Gasteiger partial charge in [-0.1, -0.05) is 18.6 Å². The van der Waals surface area contributed by atoms with E-state index in [1.165, 1.54) is 12.1 Å². The lowest BCUT2D eigenvalue weighted by Gasteiger charge is -2.31. The van der Waals surface area contributed by atoms with Gasteiger partial charge in [-0.3, -0.25) is 4.79 Å². The van der Waals surface area contributed by atoms with Crippen LogP contribution in [0, 0.1) is 11.7 Å². The highest BCUT2D eigenvalue weighted by atomic mass is 32.2. The van der Waals surface area contributed by atoms with Crippen molar-refractivity contribution in [2.75, 3.05) is 0 Å². The number of furan rings is 1. The average molecular weight is 443 g/mol. The average Bonchev–Trinajstić information content (AvgIpc) is 3.21. The Hall–Kier alpha value is -3.13. The Morgan fingerprint density at radius 2 is 1.74 bits per heavy atom. The van der Waals surface area contributed by atoms with Crippen molar-refractivity contribution in [3.8, 4) is 5.75 Å². The van der Waals surface area contributed by atoms with Gasteiger partial charge < -0.3 is 13.5 Å². The minimum Gasteiger partial charge on any atom is -0.467 e. The van der Waals surface area contributed by atoms with Crippen molar-refractivity contribution < 1.29 is 26.2 Å². The highest BCUT2D eigenvalue weighted by molar-refractivity contribution is 7.87. The molecule has 2 aromatic carbocycles. The molecule has 8 heteroatoms. The van der Waals surface area contributed by atoms with Crippen molar-refractivity contribution >= 4 is 16.0 Å². The first-order valence-electron chi connectivity index (χ1n) is 10.0. The number of halogens is 1. The second-order valence-corrected chi connectivity index (χ2v) is 9.08. The molecule has 0 N–H and O–H groups in total. The molecule has 0 aliphatic heterocycles. The SMILES string of the molecule is O=C(C1CCC1)N(Cc1ccc(OS(=O)(=O)c2ccc(F)cc2)cc1)Cc1ccco1. The summed E-state index contributed by atoms with van der Waals surface area (Å²) < 4.78 is 48.3. The van der Waals surface area contributed by atoms with Crippen molar-refractivity contribution in [2.45, 2.75) is 37.2 Å². The van der Waals surface area contributed by atoms with E-state index in [9.17, 15) is 17.6 Å². The third-order valence-corrected chi connectivity index (χ3v) is 6.56. The maximum Gasteiger partial charge on any atom is 0.339 e. The Bertz CT molecular complexity index is 1120. The Kier molecular flexibility index (Phi) is 6.08. The fraction of sp³-hybridized carbons (Fsp3) is 0.261. The molecule has 0 radical (unpaired) electrons. The molecule has 1 saturated carbocycles. The van der Waals surface area contributed by atoms with E-state index in [2.05, 4.69) is 0 Å². The van der Waals surface area contributed by atoms with E-state index < -0.39 is 15.9 Å². The fourth-order valence-corrected chi connectivity index (χ4v) is 4.29. The molecule has 1 aliphatic rings. The van der Waals surface area contributed by atoms with E-state index in [4.69, 9.17) is 8.60 Å². The molecule has 6 nitrogen and oxygen atoms in total. The molecule has 0 unspecified atom stereocenters. The molecule has 0 saturated heterocycles. The van der Waals surface area contributed by atoms with Crippen molar-refractivity contribution in [3.63, 3.8) is 0 Å². The number of nitrogens with zero attached hydrogens (tertiary/aromatic N) is 1. The minimum atomic E-state index is -4.06. The highest BCUT2D eigenvalue weighted by Gasteiger charge is 2.30. The summed E-state index contributed by atoms with van der Waals surface area (Å²) in [6, 6.07) is 14.6. The lowest BCUT2D eigenvalue weighted by molar-refractivity contribution is -0.139. The zero-order chi connectivity index (χ0) is 21.8. The van der Waals surface area contributed by atoms with Gasteiger partial charge in [0.1, 0.15) is 22.2 Å². The van der Waals surface area contributed by atoms with Crippen LogP contribution in [0.1, 0.15) is 30.6 Å². The molecule has 31 heavy (non-hydrogen) atoms. The second-order valence-electron chi connectivity index (χ2n) is 7.54. The van der Waals surface area contributed by atoms with Gasteiger partial charge >= 0.3 is 10.1 Å². The van der Waals surface area contributed by atoms with Gasteiger partial charge in [-0.15, -0.1) is 0 Å². The first-order chi connectivity index (χ1) is 14.9. The van der Waals surface area contributed by atoms with Crippen LogP contribution in [0.2, 0.25) is 0 Å². The van der Waals surface area contributed by atoms with Crippen LogP contribution in [0.4, 0.5) is 4.39 Å². The van der Waals surface area contributed by atoms with Crippen LogP contribution in [0.25, 0.3) is 0 Å². The molecule has 1 aliphatic carbocycles. The van der Waals surface area contributed by atoms with Crippen LogP contribution >= 0.6 is 0 Å². The lowest BCUT2D eigenvalue weighted by atomic mass is 9.84. The van der Waals surface area contributed by atoms with Gasteiger partial charge in [-0.05, 0) is 66.9 Å². The Morgan fingerprint density at radius 1 is 1.03 bits per heavy atom. The van der Waals surface area contributed by atoms with Gasteiger partial charge in [0, 0.05) is 12.5 Å². The maximum atomic E-state index is 13.0. The Morgan fingerprint density at radius 3 is 2.32 bits per heavy atom. The third kappa shape index (κ3) is 5.14. The van der Waals surface area contributed by atoms with Crippen LogP contribution in [-0.4, -0.2) is 19.2 Å². The summed E-state index contributed by atoms with van der Waals surface area (Å²) in [6.45, 7) is 0.751. The zero-order valence-electron chi connectivity index (χ0n) is 16.7. The lowest BCUT2D eigenvalue weighted by Crippen LogP contribution is -2.38. The number of amides is 1. The molecule has 3 aromatic rings. The Labute approximate surface area is 180 Å². The standard InChI is InChI=1S/C23H22FNO5S/c24-19-8-12-22(13-9-19)31(27,28)30-20-10-6-17(7-11-20)15-25(16-21-5-2-14-29-21)23(26)18-3-1-4-18/h2,5-14,18H,1,3-4,15-16H2. The quantitative estimate of drug-likeness (QED) is 0.479. The maximum absolute atomic E-state index is 13.0. The van der Waals surface area contributed by atoms with Crippen molar-refractivity contribution in [2.24, 2.45) is 5.92 Å². The predicted octanol–water partition coefficient (Wildman–Crippen LogP) is 4.52. The largest absolute Gasteiger partial charge is 0.467 e. The summed E-state index contributed by atoms with van der Waals surface area (Å²) in [5, 5.41) is 0. The topological polar surface area (TPSA) is 76.8 Å². The van der Waals surface area contributed by atoms with E-state index in [0.717, 1.165) is 49.1 Å². The van der Waals surface area contributed by atoms with Crippen LogP contribution in [0.3, 0.4) is 0 Å². The predicted molar refractivity (Wildman–Crippen MR) is 111 cm³/mol. The Balaban J connectivity index is 1.45. The number of hydrogen-bond donors (Lipinski definition) is 0. The van der Waals surface area contributed by atoms with Gasteiger partial charge in [-0.2, -0.15) is 8.42 Å². The van der Waals surface area contributed by atoms with Crippen molar-refractivity contribution in [3.05, 3.63) is 84.1 Å². The zero-order valence-corrected chi connectivity index (χ0v) is 17.6. The summed E-state index contributed by atoms with van der Waals surface area (Å²) in [5.74, 6) is 0.466. The van der Waals surface area contributed by atoms with Crippen LogP contribution < -0.4 is 4.18 Å². The molecule has 1 fully saturated rings. The summed E-state index contributed by atoms with van der Waals surface area (Å²) >= 11 is 0. The van der Waals surface area contributed by atoms with Gasteiger partial charge in [-0.25, -0.2) is 4.39 Å². The summed E-state index contributed by atoms with van der Waals surface area (Å²) in [5.41, 5.74) is 0.839. The number of hydrogen-bond acceptors (Lipinski definition) is 5. The highest BCUT2D eigenvalue weighted by Crippen LogP contribution is 2.30. The molecular formula is C23H22FNO5S. The van der Waals surface area contributed by atoms with Gasteiger partial charge in [0.2, 0.25) is 5.91 Å². The molecule has 162 valence electrons. The van der Waals surface area contributed by atoms with Crippen LogP contribution in [0.15, 0.2) is 76.2 Å². The van der Waals surface area contributed by atoms with E-state index >= 15 is 0 Å². The summed E-state index contributed by atoms with van der Waals surface area (Å²) in [4.78, 5) is 14.5. The number of rotatable bonds is 8. The third-order valence-electron chi connectivity index (χ3n) is 5.30. The van der Waals surface area contributed by atoms with Crippen LogP contribution in [-0.2, 0) is 28.0 Å². The first-order valence-corrected chi connectivity index (χ1v) is 11.4. The number of carbonyl (C=O) groups excluding carboxylic acids is 1. The molecule has 1 heterocycles. The number of benzene rings is 2. The van der Waals surface area contributed by atoms with Crippen molar-refractivity contribution in [1.82, 2.24) is 4.90 Å². The summed E-state index contributed by atoms with van der Waals surface area (Å²) in [7, 11) is -4.06. The number of carbonyl (C=O) groups is 1. The molecular weight excluding hydrogens is 421 g/mol. The first kappa shape index (κ1) is 21.1. The molecule has 1 amide bonds. The second kappa shape index (κ2) is 8.93. The normalized spacial score (nSPS) is 14.1. The minimum absolute atomic E-state index is 0.0541. The van der Waals surface area contributed by atoms with Crippen molar-refractivity contribution in [1.29, 1.82) is 0 Å². The summed E-state index contributed by atoms with van der Waals surface area (Å²) in [6.07, 6.45) is 4.46. The van der Waals surface area contributed by atoms with E-state index in [-0.39, 0.29) is 22.5 Å². The van der Waals surface area contributed by atoms with E-state index in [0.29, 0.717) is 18.8 Å². The van der Waals surface area contributed by atoms with Gasteiger partial charge in [0.25, 0.3) is 0 Å². The van der Waals surface area contributed by atoms with E-state index in [1.54, 1.807) is 29.4 Å². The van der Waals surface area contributed by atoms with Gasteiger partial charge in [0.15, 0.2) is 0 Å². The monoisotopic (exact) mass is 443 g/mol. The fourth-order valence-electron chi connectivity index (χ4n) is 3.36.